The molecule has 0 rings (SSSR count). The summed E-state index contributed by atoms with van der Waals surface area (Å²) in [5.74, 6) is -1.60. The highest BCUT2D eigenvalue weighted by Gasteiger charge is 2.17. The van der Waals surface area contributed by atoms with Crippen LogP contribution in [0.1, 0.15) is 77.6 Å². The summed E-state index contributed by atoms with van der Waals surface area (Å²) in [6.45, 7) is 2.88. The summed E-state index contributed by atoms with van der Waals surface area (Å²) < 4.78 is 0. The lowest BCUT2D eigenvalue weighted by atomic mass is 10.1. The molecule has 0 aliphatic rings. The van der Waals surface area contributed by atoms with E-state index < -0.39 is 17.9 Å². The predicted octanol–water partition coefficient (Wildman–Crippen LogP) is 2.83. The Morgan fingerprint density at radius 3 is 1.86 bits per heavy atom. The molecule has 0 aromatic heterocycles. The second kappa shape index (κ2) is 13.9. The summed E-state index contributed by atoms with van der Waals surface area (Å²) in [5, 5.41) is 11.6. The van der Waals surface area contributed by atoms with E-state index in [4.69, 9.17) is 10.8 Å². The van der Waals surface area contributed by atoms with E-state index in [0.29, 0.717) is 6.54 Å². The van der Waals surface area contributed by atoms with Crippen molar-refractivity contribution in [1.29, 1.82) is 0 Å². The molecule has 0 heterocycles. The van der Waals surface area contributed by atoms with Crippen LogP contribution in [-0.4, -0.2) is 29.6 Å². The highest BCUT2D eigenvalue weighted by Crippen LogP contribution is 2.10. The number of carbonyl (C=O) groups excluding carboxylic acids is 1. The fourth-order valence-electron chi connectivity index (χ4n) is 2.34. The first kappa shape index (κ1) is 19.9. The highest BCUT2D eigenvalue weighted by atomic mass is 16.4. The van der Waals surface area contributed by atoms with Gasteiger partial charge in [0.1, 0.15) is 0 Å². The van der Waals surface area contributed by atoms with Crippen LogP contribution in [0.3, 0.4) is 0 Å². The van der Waals surface area contributed by atoms with Gasteiger partial charge in [0.2, 0.25) is 5.91 Å². The molecule has 1 atom stereocenters. The Hall–Kier alpha value is -1.10. The van der Waals surface area contributed by atoms with Crippen LogP contribution in [0.25, 0.3) is 0 Å². The third kappa shape index (κ3) is 13.6. The van der Waals surface area contributed by atoms with Crippen molar-refractivity contribution in [3.63, 3.8) is 0 Å². The van der Waals surface area contributed by atoms with Gasteiger partial charge in [-0.3, -0.25) is 9.59 Å². The van der Waals surface area contributed by atoms with Gasteiger partial charge in [-0.25, -0.2) is 0 Å². The second-order valence-corrected chi connectivity index (χ2v) is 5.69. The Bertz CT molecular complexity index is 283. The smallest absolute Gasteiger partial charge is 0.305 e. The molecule has 0 saturated carbocycles. The van der Waals surface area contributed by atoms with E-state index in [-0.39, 0.29) is 6.42 Å². The average Bonchev–Trinajstić information content (AvgIpc) is 2.42. The summed E-state index contributed by atoms with van der Waals surface area (Å²) >= 11 is 0. The first-order chi connectivity index (χ1) is 10.1. The molecule has 4 N–H and O–H groups in total. The molecular weight excluding hydrogens is 268 g/mol. The average molecular weight is 300 g/mol. The number of carbonyl (C=O) groups is 2. The number of unbranched alkanes of at least 4 members (excludes halogenated alkanes) is 9. The van der Waals surface area contributed by atoms with E-state index in [1.54, 1.807) is 0 Å². The summed E-state index contributed by atoms with van der Waals surface area (Å²) in [7, 11) is 0. The van der Waals surface area contributed by atoms with Crippen molar-refractivity contribution in [3.05, 3.63) is 0 Å². The standard InChI is InChI=1S/C16H32N2O3/c1-2-3-4-5-6-7-8-9-10-11-12-18-14(16(17)21)13-15(19)20/h14,18H,2-13H2,1H3,(H2,17,21)(H,19,20)/t14-/m0/s1. The molecule has 0 fully saturated rings. The lowest BCUT2D eigenvalue weighted by molar-refractivity contribution is -0.139. The Morgan fingerprint density at radius 1 is 0.952 bits per heavy atom. The third-order valence-corrected chi connectivity index (χ3v) is 3.64. The van der Waals surface area contributed by atoms with Crippen molar-refractivity contribution in [2.45, 2.75) is 83.6 Å². The lowest BCUT2D eigenvalue weighted by Crippen LogP contribution is -2.43. The molecule has 5 nitrogen and oxygen atoms in total. The Kier molecular flexibility index (Phi) is 13.1. The van der Waals surface area contributed by atoms with Gasteiger partial charge < -0.3 is 16.2 Å². The molecule has 5 heteroatoms. The number of hydrogen-bond acceptors (Lipinski definition) is 3. The molecule has 0 saturated heterocycles. The van der Waals surface area contributed by atoms with Crippen LogP contribution < -0.4 is 11.1 Å². The van der Waals surface area contributed by atoms with Crippen molar-refractivity contribution in [1.82, 2.24) is 5.32 Å². The van der Waals surface area contributed by atoms with E-state index in [0.717, 1.165) is 12.8 Å². The zero-order valence-corrected chi connectivity index (χ0v) is 13.4. The summed E-state index contributed by atoms with van der Waals surface area (Å²) in [4.78, 5) is 21.6. The van der Waals surface area contributed by atoms with Crippen LogP contribution in [0.15, 0.2) is 0 Å². The van der Waals surface area contributed by atoms with Crippen LogP contribution in [-0.2, 0) is 9.59 Å². The number of aliphatic carboxylic acids is 1. The van der Waals surface area contributed by atoms with Crippen LogP contribution in [0.5, 0.6) is 0 Å². The number of amides is 1. The monoisotopic (exact) mass is 300 g/mol. The number of primary amides is 1. The van der Waals surface area contributed by atoms with Gasteiger partial charge in [-0.2, -0.15) is 0 Å². The van der Waals surface area contributed by atoms with Gasteiger partial charge >= 0.3 is 5.97 Å². The van der Waals surface area contributed by atoms with Gasteiger partial charge in [-0.15, -0.1) is 0 Å². The van der Waals surface area contributed by atoms with Crippen molar-refractivity contribution in [3.8, 4) is 0 Å². The molecule has 0 radical (unpaired) electrons. The zero-order chi connectivity index (χ0) is 15.9. The van der Waals surface area contributed by atoms with E-state index in [2.05, 4.69) is 12.2 Å². The molecule has 21 heavy (non-hydrogen) atoms. The van der Waals surface area contributed by atoms with E-state index in [9.17, 15) is 9.59 Å². The minimum Gasteiger partial charge on any atom is -0.481 e. The molecule has 0 aliphatic carbocycles. The van der Waals surface area contributed by atoms with E-state index in [1.165, 1.54) is 51.4 Å². The van der Waals surface area contributed by atoms with Gasteiger partial charge in [-0.05, 0) is 13.0 Å². The Labute approximate surface area is 128 Å². The molecule has 124 valence electrons. The zero-order valence-electron chi connectivity index (χ0n) is 13.4. The summed E-state index contributed by atoms with van der Waals surface area (Å²) in [6.07, 6.45) is 12.3. The van der Waals surface area contributed by atoms with Crippen molar-refractivity contribution in [2.24, 2.45) is 5.73 Å². The maximum atomic E-state index is 11.0. The Balaban J connectivity index is 3.38. The third-order valence-electron chi connectivity index (χ3n) is 3.64. The molecular formula is C16H32N2O3. The molecule has 1 amide bonds. The van der Waals surface area contributed by atoms with Crippen molar-refractivity contribution in [2.75, 3.05) is 6.54 Å². The molecule has 0 aromatic carbocycles. The summed E-state index contributed by atoms with van der Waals surface area (Å²) in [6, 6.07) is -0.749. The molecule has 0 unspecified atom stereocenters. The fourth-order valence-corrected chi connectivity index (χ4v) is 2.34. The van der Waals surface area contributed by atoms with Gasteiger partial charge in [0, 0.05) is 0 Å². The van der Waals surface area contributed by atoms with Crippen LogP contribution >= 0.6 is 0 Å². The normalized spacial score (nSPS) is 12.2. The number of carboxylic acids is 1. The van der Waals surface area contributed by atoms with Crippen molar-refractivity contribution < 1.29 is 14.7 Å². The SMILES string of the molecule is CCCCCCCCCCCCN[C@@H](CC(=O)O)C(N)=O. The maximum Gasteiger partial charge on any atom is 0.305 e. The maximum absolute atomic E-state index is 11.0. The number of rotatable bonds is 15. The minimum atomic E-state index is -1.01. The first-order valence-corrected chi connectivity index (χ1v) is 8.32. The van der Waals surface area contributed by atoms with Gasteiger partial charge in [0.15, 0.2) is 0 Å². The van der Waals surface area contributed by atoms with Crippen LogP contribution in [0, 0.1) is 0 Å². The minimum absolute atomic E-state index is 0.243. The van der Waals surface area contributed by atoms with Crippen LogP contribution in [0.2, 0.25) is 0 Å². The first-order valence-electron chi connectivity index (χ1n) is 8.32. The van der Waals surface area contributed by atoms with Crippen LogP contribution in [0.4, 0.5) is 0 Å². The lowest BCUT2D eigenvalue weighted by Gasteiger charge is -2.12. The summed E-state index contributed by atoms with van der Waals surface area (Å²) in [5.41, 5.74) is 5.15. The molecule has 0 aromatic rings. The second-order valence-electron chi connectivity index (χ2n) is 5.69. The molecule has 0 bridgehead atoms. The van der Waals surface area contributed by atoms with E-state index in [1.807, 2.05) is 0 Å². The fraction of sp³-hybridized carbons (Fsp3) is 0.875. The number of carboxylic acid groups (broad SMARTS) is 1. The van der Waals surface area contributed by atoms with Gasteiger partial charge in [-0.1, -0.05) is 64.7 Å². The van der Waals surface area contributed by atoms with Crippen molar-refractivity contribution >= 4 is 11.9 Å². The number of hydrogen-bond donors (Lipinski definition) is 3. The predicted molar refractivity (Wildman–Crippen MR) is 85.1 cm³/mol. The Morgan fingerprint density at radius 2 is 1.43 bits per heavy atom. The number of nitrogens with one attached hydrogen (secondary N) is 1. The molecule has 0 aliphatic heterocycles. The van der Waals surface area contributed by atoms with E-state index >= 15 is 0 Å². The van der Waals surface area contributed by atoms with Gasteiger partial charge in [0.25, 0.3) is 0 Å². The number of nitrogens with two attached hydrogens (primary N) is 1. The quantitative estimate of drug-likeness (QED) is 0.405. The topological polar surface area (TPSA) is 92.4 Å². The van der Waals surface area contributed by atoms with Gasteiger partial charge in [0.05, 0.1) is 12.5 Å². The molecule has 0 spiro atoms. The highest BCUT2D eigenvalue weighted by molar-refractivity contribution is 5.84. The largest absolute Gasteiger partial charge is 0.481 e.